The molecule has 0 bridgehead atoms. The third-order valence-electron chi connectivity index (χ3n) is 9.26. The number of hydrogen-bond acceptors (Lipinski definition) is 4. The molecule has 0 aliphatic carbocycles. The molecule has 1 aliphatic heterocycles. The molecule has 0 saturated heterocycles. The summed E-state index contributed by atoms with van der Waals surface area (Å²) in [6.07, 6.45) is 2.84. The van der Waals surface area contributed by atoms with E-state index < -0.39 is 0 Å². The monoisotopic (exact) mass is 610 g/mol. The Morgan fingerprint density at radius 2 is 1.48 bits per heavy atom. The summed E-state index contributed by atoms with van der Waals surface area (Å²) in [6.45, 7) is 2.25. The van der Waals surface area contributed by atoms with Crippen LogP contribution in [-0.2, 0) is 0 Å². The number of hydrogen-bond donors (Lipinski definition) is 0. The number of fused-ring (bicyclic) bond motifs is 7. The minimum Gasteiger partial charge on any atom is -0.308 e. The van der Waals surface area contributed by atoms with Crippen LogP contribution in [0, 0.1) is 5.92 Å². The largest absolute Gasteiger partial charge is 0.308 e. The minimum absolute atomic E-state index is 0.0756. The molecule has 2 atom stereocenters. The summed E-state index contributed by atoms with van der Waals surface area (Å²) in [4.78, 5) is 15.5. The molecule has 4 nitrogen and oxygen atoms in total. The average molecular weight is 611 g/mol. The fourth-order valence-electron chi connectivity index (χ4n) is 7.15. The van der Waals surface area contributed by atoms with Crippen molar-refractivity contribution in [3.63, 3.8) is 0 Å². The van der Waals surface area contributed by atoms with E-state index in [4.69, 9.17) is 15.0 Å². The highest BCUT2D eigenvalue weighted by molar-refractivity contribution is 7.26. The van der Waals surface area contributed by atoms with Gasteiger partial charge in [-0.1, -0.05) is 104 Å². The van der Waals surface area contributed by atoms with Gasteiger partial charge in [-0.15, -0.1) is 11.3 Å². The van der Waals surface area contributed by atoms with Crippen LogP contribution in [0.25, 0.3) is 47.8 Å². The SMILES string of the molecule is CCC1C(c2ccccc2)=NC(c2ccccc2)=NC1c1cccc(-n2c3cccnc3c3c4sc5ccccc5c4ccc32)c1. The van der Waals surface area contributed by atoms with Crippen LogP contribution in [0.4, 0.5) is 0 Å². The Hall–Kier alpha value is -5.39. The first-order chi connectivity index (χ1) is 22.8. The predicted octanol–water partition coefficient (Wildman–Crippen LogP) is 10.6. The summed E-state index contributed by atoms with van der Waals surface area (Å²) < 4.78 is 4.97. The molecule has 0 saturated carbocycles. The van der Waals surface area contributed by atoms with Gasteiger partial charge in [0.25, 0.3) is 0 Å². The molecule has 0 N–H and O–H groups in total. The van der Waals surface area contributed by atoms with E-state index in [0.29, 0.717) is 0 Å². The molecule has 2 unspecified atom stereocenters. The number of nitrogens with zero attached hydrogens (tertiary/aromatic N) is 4. The molecule has 220 valence electrons. The van der Waals surface area contributed by atoms with E-state index >= 15 is 0 Å². The second-order valence-electron chi connectivity index (χ2n) is 11.9. The van der Waals surface area contributed by atoms with Crippen molar-refractivity contribution in [1.29, 1.82) is 0 Å². The van der Waals surface area contributed by atoms with Gasteiger partial charge >= 0.3 is 0 Å². The zero-order chi connectivity index (χ0) is 30.6. The second kappa shape index (κ2) is 10.9. The van der Waals surface area contributed by atoms with Crippen molar-refractivity contribution < 1.29 is 0 Å². The fraction of sp³-hybridized carbons (Fsp3) is 0.0976. The van der Waals surface area contributed by atoms with Gasteiger partial charge in [-0.3, -0.25) is 9.98 Å². The molecule has 0 amide bonds. The lowest BCUT2D eigenvalue weighted by atomic mass is 9.83. The Morgan fingerprint density at radius 1 is 0.696 bits per heavy atom. The van der Waals surface area contributed by atoms with Crippen LogP contribution < -0.4 is 0 Å². The molecule has 8 aromatic rings. The maximum Gasteiger partial charge on any atom is 0.155 e. The highest BCUT2D eigenvalue weighted by Gasteiger charge is 2.32. The molecule has 3 aromatic heterocycles. The Bertz CT molecular complexity index is 2470. The number of thiophene rings is 1. The van der Waals surface area contributed by atoms with Crippen LogP contribution in [-0.4, -0.2) is 21.1 Å². The molecule has 1 aliphatic rings. The third-order valence-corrected chi connectivity index (χ3v) is 10.5. The normalized spacial score (nSPS) is 16.7. The summed E-state index contributed by atoms with van der Waals surface area (Å²) in [7, 11) is 0. The Morgan fingerprint density at radius 3 is 2.30 bits per heavy atom. The lowest BCUT2D eigenvalue weighted by Gasteiger charge is -2.30. The maximum atomic E-state index is 5.37. The van der Waals surface area contributed by atoms with Crippen LogP contribution in [0.3, 0.4) is 0 Å². The maximum absolute atomic E-state index is 5.37. The summed E-state index contributed by atoms with van der Waals surface area (Å²) in [5.41, 5.74) is 8.89. The van der Waals surface area contributed by atoms with Gasteiger partial charge in [-0.2, -0.15) is 0 Å². The van der Waals surface area contributed by atoms with Gasteiger partial charge in [0.05, 0.1) is 28.3 Å². The van der Waals surface area contributed by atoms with E-state index in [1.165, 1.54) is 36.6 Å². The number of benzene rings is 5. The van der Waals surface area contributed by atoms with Gasteiger partial charge in [0.1, 0.15) is 0 Å². The molecule has 5 heteroatoms. The topological polar surface area (TPSA) is 42.5 Å². The molecular formula is C41H30N4S. The fourth-order valence-corrected chi connectivity index (χ4v) is 8.40. The molecule has 46 heavy (non-hydrogen) atoms. The summed E-state index contributed by atoms with van der Waals surface area (Å²) in [6, 6.07) is 47.3. The van der Waals surface area contributed by atoms with Crippen LogP contribution in [0.1, 0.15) is 36.1 Å². The molecular weight excluding hydrogens is 581 g/mol. The number of rotatable bonds is 5. The van der Waals surface area contributed by atoms with E-state index in [9.17, 15) is 0 Å². The third kappa shape index (κ3) is 4.23. The van der Waals surface area contributed by atoms with E-state index in [1.54, 1.807) is 0 Å². The van der Waals surface area contributed by atoms with Gasteiger partial charge in [-0.05, 0) is 53.9 Å². The van der Waals surface area contributed by atoms with Crippen molar-refractivity contribution >= 4 is 65.0 Å². The molecule has 9 rings (SSSR count). The molecule has 5 aromatic carbocycles. The molecule has 0 spiro atoms. The Labute approximate surface area is 271 Å². The van der Waals surface area contributed by atoms with Crippen LogP contribution in [0.5, 0.6) is 0 Å². The van der Waals surface area contributed by atoms with Gasteiger partial charge in [0, 0.05) is 48.9 Å². The standard InChI is InChI=1S/C41H30N4S/c1-2-30-37(26-13-5-3-6-14-26)43-41(27-15-7-4-8-16-27)44-38(30)28-17-11-18-29(25-28)45-33-23-22-32-31-19-9-10-21-35(31)46-40(32)36(33)39-34(45)20-12-24-42-39/h3-25,30,38H,2H2,1H3. The van der Waals surface area contributed by atoms with Gasteiger partial charge < -0.3 is 4.57 Å². The number of aromatic nitrogens is 2. The molecule has 0 fully saturated rings. The summed E-state index contributed by atoms with van der Waals surface area (Å²) in [5, 5.41) is 3.80. The van der Waals surface area contributed by atoms with Crippen molar-refractivity contribution in [3.8, 4) is 5.69 Å². The zero-order valence-electron chi connectivity index (χ0n) is 25.3. The zero-order valence-corrected chi connectivity index (χ0v) is 26.2. The highest BCUT2D eigenvalue weighted by atomic mass is 32.1. The second-order valence-corrected chi connectivity index (χ2v) is 12.9. The van der Waals surface area contributed by atoms with Crippen LogP contribution in [0.2, 0.25) is 0 Å². The van der Waals surface area contributed by atoms with Gasteiger partial charge in [0.15, 0.2) is 5.84 Å². The van der Waals surface area contributed by atoms with E-state index in [2.05, 4.69) is 133 Å². The van der Waals surface area contributed by atoms with Gasteiger partial charge in [-0.25, -0.2) is 4.99 Å². The van der Waals surface area contributed by atoms with E-state index in [-0.39, 0.29) is 12.0 Å². The lowest BCUT2D eigenvalue weighted by Crippen LogP contribution is -2.28. The van der Waals surface area contributed by atoms with Crippen molar-refractivity contribution in [2.45, 2.75) is 19.4 Å². The van der Waals surface area contributed by atoms with Crippen molar-refractivity contribution in [1.82, 2.24) is 9.55 Å². The number of aliphatic imine (C=N–C) groups is 2. The average Bonchev–Trinajstić information content (AvgIpc) is 3.68. The Kier molecular flexibility index (Phi) is 6.39. The number of amidine groups is 1. The quantitative estimate of drug-likeness (QED) is 0.191. The Balaban J connectivity index is 1.25. The van der Waals surface area contributed by atoms with Crippen molar-refractivity contribution in [2.24, 2.45) is 15.9 Å². The van der Waals surface area contributed by atoms with Crippen LogP contribution in [0.15, 0.2) is 150 Å². The lowest BCUT2D eigenvalue weighted by molar-refractivity contribution is 0.532. The van der Waals surface area contributed by atoms with Gasteiger partial charge in [0.2, 0.25) is 0 Å². The van der Waals surface area contributed by atoms with E-state index in [0.717, 1.165) is 45.8 Å². The number of pyridine rings is 1. The van der Waals surface area contributed by atoms with Crippen LogP contribution >= 0.6 is 11.3 Å². The summed E-state index contributed by atoms with van der Waals surface area (Å²) in [5.74, 6) is 0.927. The first-order valence-corrected chi connectivity index (χ1v) is 16.7. The summed E-state index contributed by atoms with van der Waals surface area (Å²) >= 11 is 1.86. The van der Waals surface area contributed by atoms with Crippen molar-refractivity contribution in [2.75, 3.05) is 0 Å². The highest BCUT2D eigenvalue weighted by Crippen LogP contribution is 2.43. The molecule has 0 radical (unpaired) electrons. The molecule has 4 heterocycles. The van der Waals surface area contributed by atoms with Crippen molar-refractivity contribution in [3.05, 3.63) is 156 Å². The predicted molar refractivity (Wildman–Crippen MR) is 194 cm³/mol. The first-order valence-electron chi connectivity index (χ1n) is 15.9. The first kappa shape index (κ1) is 27.0. The smallest absolute Gasteiger partial charge is 0.155 e. The van der Waals surface area contributed by atoms with E-state index in [1.807, 2.05) is 29.7 Å². The minimum atomic E-state index is -0.0756.